The summed E-state index contributed by atoms with van der Waals surface area (Å²) in [5.74, 6) is 0.0612. The molecule has 0 aromatic carbocycles. The van der Waals surface area contributed by atoms with E-state index in [0.717, 1.165) is 12.8 Å². The van der Waals surface area contributed by atoms with Gasteiger partial charge in [0.25, 0.3) is 0 Å². The Morgan fingerprint density at radius 3 is 2.44 bits per heavy atom. The zero-order chi connectivity index (χ0) is 13.8. The molecule has 18 heavy (non-hydrogen) atoms. The second-order valence-corrected chi connectivity index (χ2v) is 6.47. The third kappa shape index (κ3) is 4.58. The summed E-state index contributed by atoms with van der Waals surface area (Å²) in [4.78, 5) is 11.8. The van der Waals surface area contributed by atoms with Crippen LogP contribution < -0.4 is 11.1 Å². The van der Waals surface area contributed by atoms with E-state index in [0.29, 0.717) is 18.9 Å². The minimum atomic E-state index is -1.09. The quantitative estimate of drug-likeness (QED) is 0.672. The molecule has 0 aromatic rings. The second kappa shape index (κ2) is 6.53. The molecule has 2 atom stereocenters. The lowest BCUT2D eigenvalue weighted by Crippen LogP contribution is -2.48. The van der Waals surface area contributed by atoms with Crippen molar-refractivity contribution in [2.45, 2.75) is 65.0 Å². The fourth-order valence-corrected chi connectivity index (χ4v) is 2.68. The lowest BCUT2D eigenvalue weighted by atomic mass is 9.89. The summed E-state index contributed by atoms with van der Waals surface area (Å²) < 4.78 is 0. The van der Waals surface area contributed by atoms with Crippen LogP contribution in [0.4, 0.5) is 0 Å². The first kappa shape index (κ1) is 15.4. The second-order valence-electron chi connectivity index (χ2n) is 6.47. The van der Waals surface area contributed by atoms with Crippen molar-refractivity contribution in [2.24, 2.45) is 17.1 Å². The van der Waals surface area contributed by atoms with Crippen LogP contribution in [0.3, 0.4) is 0 Å². The molecule has 0 aromatic heterocycles. The number of hydrogen-bond acceptors (Lipinski definition) is 3. The highest BCUT2D eigenvalue weighted by atomic mass is 16.3. The zero-order valence-electron chi connectivity index (χ0n) is 11.9. The maximum atomic E-state index is 11.8. The summed E-state index contributed by atoms with van der Waals surface area (Å²) in [6, 6.07) is -0.471. The number of amides is 1. The third-order valence-corrected chi connectivity index (χ3v) is 3.92. The Bertz CT molecular complexity index is 273. The van der Waals surface area contributed by atoms with Crippen molar-refractivity contribution in [3.8, 4) is 0 Å². The van der Waals surface area contributed by atoms with Gasteiger partial charge in [0, 0.05) is 12.6 Å². The molecule has 1 aliphatic carbocycles. The fourth-order valence-electron chi connectivity index (χ4n) is 2.68. The molecule has 4 nitrogen and oxygen atoms in total. The average Bonchev–Trinajstić information content (AvgIpc) is 2.71. The number of aliphatic hydroxyl groups is 1. The number of nitrogens with one attached hydrogen (secondary N) is 1. The van der Waals surface area contributed by atoms with Crippen LogP contribution >= 0.6 is 0 Å². The van der Waals surface area contributed by atoms with E-state index in [-0.39, 0.29) is 11.3 Å². The summed E-state index contributed by atoms with van der Waals surface area (Å²) in [6.45, 7) is 6.91. The van der Waals surface area contributed by atoms with Crippen molar-refractivity contribution in [1.29, 1.82) is 0 Å². The van der Waals surface area contributed by atoms with Gasteiger partial charge >= 0.3 is 0 Å². The van der Waals surface area contributed by atoms with Crippen molar-refractivity contribution in [3.05, 3.63) is 0 Å². The van der Waals surface area contributed by atoms with Gasteiger partial charge in [-0.25, -0.2) is 0 Å². The molecule has 0 aliphatic heterocycles. The van der Waals surface area contributed by atoms with Gasteiger partial charge in [0.1, 0.15) is 6.10 Å². The van der Waals surface area contributed by atoms with Gasteiger partial charge in [0.2, 0.25) is 5.91 Å². The predicted octanol–water partition coefficient (Wildman–Crippen LogP) is 1.42. The van der Waals surface area contributed by atoms with Gasteiger partial charge in [-0.05, 0) is 30.6 Å². The highest BCUT2D eigenvalue weighted by Gasteiger charge is 2.30. The average molecular weight is 256 g/mol. The molecule has 4 heteroatoms. The Hall–Kier alpha value is -0.610. The molecule has 1 aliphatic rings. The van der Waals surface area contributed by atoms with Crippen LogP contribution in [0.1, 0.15) is 52.9 Å². The van der Waals surface area contributed by atoms with E-state index in [9.17, 15) is 9.90 Å². The Labute approximate surface area is 110 Å². The highest BCUT2D eigenvalue weighted by Crippen LogP contribution is 2.36. The summed E-state index contributed by atoms with van der Waals surface area (Å²) in [7, 11) is 0. The van der Waals surface area contributed by atoms with Crippen LogP contribution in [0, 0.1) is 11.3 Å². The Morgan fingerprint density at radius 1 is 1.39 bits per heavy atom. The van der Waals surface area contributed by atoms with E-state index in [1.54, 1.807) is 0 Å². The van der Waals surface area contributed by atoms with E-state index >= 15 is 0 Å². The minimum Gasteiger partial charge on any atom is -0.382 e. The summed E-state index contributed by atoms with van der Waals surface area (Å²) in [5, 5.41) is 12.7. The molecule has 0 radical (unpaired) electrons. The number of carbonyl (C=O) groups is 1. The summed E-state index contributed by atoms with van der Waals surface area (Å²) in [6.07, 6.45) is 4.36. The maximum absolute atomic E-state index is 11.8. The lowest BCUT2D eigenvalue weighted by Gasteiger charge is -2.26. The standard InChI is InChI=1S/C14H28N2O2/c1-10(2)8-11(15)12(17)13(18)16-9-14(3)6-4-5-7-14/h10-12,17H,4-9,15H2,1-3H3,(H,16,18). The molecule has 0 heterocycles. The molecule has 4 N–H and O–H groups in total. The summed E-state index contributed by atoms with van der Waals surface area (Å²) >= 11 is 0. The topological polar surface area (TPSA) is 75.3 Å². The molecule has 0 bridgehead atoms. The van der Waals surface area contributed by atoms with Crippen LogP contribution in [0.15, 0.2) is 0 Å². The normalized spacial score (nSPS) is 21.9. The van der Waals surface area contributed by atoms with E-state index in [4.69, 9.17) is 5.73 Å². The van der Waals surface area contributed by atoms with E-state index in [2.05, 4.69) is 12.2 Å². The fraction of sp³-hybridized carbons (Fsp3) is 0.929. The van der Waals surface area contributed by atoms with Gasteiger partial charge in [0.15, 0.2) is 0 Å². The van der Waals surface area contributed by atoms with E-state index in [1.165, 1.54) is 12.8 Å². The van der Waals surface area contributed by atoms with Crippen LogP contribution in [-0.2, 0) is 4.79 Å². The molecule has 0 saturated heterocycles. The molecule has 1 rings (SSSR count). The first-order valence-corrected chi connectivity index (χ1v) is 7.05. The van der Waals surface area contributed by atoms with Crippen LogP contribution in [0.5, 0.6) is 0 Å². The number of hydrogen-bond donors (Lipinski definition) is 3. The van der Waals surface area contributed by atoms with Crippen molar-refractivity contribution >= 4 is 5.91 Å². The molecular formula is C14H28N2O2. The minimum absolute atomic E-state index is 0.206. The van der Waals surface area contributed by atoms with Gasteiger partial charge in [-0.15, -0.1) is 0 Å². The van der Waals surface area contributed by atoms with Crippen molar-refractivity contribution in [1.82, 2.24) is 5.32 Å². The van der Waals surface area contributed by atoms with Crippen LogP contribution in [0.25, 0.3) is 0 Å². The van der Waals surface area contributed by atoms with Crippen LogP contribution in [0.2, 0.25) is 0 Å². The SMILES string of the molecule is CC(C)CC(N)C(O)C(=O)NCC1(C)CCCC1. The number of aliphatic hydroxyl groups excluding tert-OH is 1. The number of rotatable bonds is 6. The van der Waals surface area contributed by atoms with Gasteiger partial charge in [-0.2, -0.15) is 0 Å². The molecular weight excluding hydrogens is 228 g/mol. The first-order valence-electron chi connectivity index (χ1n) is 7.05. The largest absolute Gasteiger partial charge is 0.382 e. The molecule has 106 valence electrons. The smallest absolute Gasteiger partial charge is 0.250 e. The molecule has 1 amide bonds. The molecule has 0 spiro atoms. The molecule has 2 unspecified atom stereocenters. The monoisotopic (exact) mass is 256 g/mol. The number of nitrogens with two attached hydrogens (primary N) is 1. The van der Waals surface area contributed by atoms with Crippen molar-refractivity contribution in [2.75, 3.05) is 6.54 Å². The first-order chi connectivity index (χ1) is 8.34. The Morgan fingerprint density at radius 2 is 1.94 bits per heavy atom. The highest BCUT2D eigenvalue weighted by molar-refractivity contribution is 5.81. The predicted molar refractivity (Wildman–Crippen MR) is 73.0 cm³/mol. The van der Waals surface area contributed by atoms with E-state index < -0.39 is 12.1 Å². The lowest BCUT2D eigenvalue weighted by molar-refractivity contribution is -0.131. The van der Waals surface area contributed by atoms with Gasteiger partial charge in [0.05, 0.1) is 0 Å². The van der Waals surface area contributed by atoms with Crippen LogP contribution in [-0.4, -0.2) is 29.7 Å². The van der Waals surface area contributed by atoms with Gasteiger partial charge < -0.3 is 16.2 Å². The zero-order valence-corrected chi connectivity index (χ0v) is 11.9. The molecule has 1 saturated carbocycles. The Balaban J connectivity index is 2.35. The molecule has 1 fully saturated rings. The van der Waals surface area contributed by atoms with Gasteiger partial charge in [-0.1, -0.05) is 33.6 Å². The van der Waals surface area contributed by atoms with E-state index in [1.807, 2.05) is 13.8 Å². The Kier molecular flexibility index (Phi) is 5.60. The van der Waals surface area contributed by atoms with Crippen molar-refractivity contribution in [3.63, 3.8) is 0 Å². The van der Waals surface area contributed by atoms with Gasteiger partial charge in [-0.3, -0.25) is 4.79 Å². The maximum Gasteiger partial charge on any atom is 0.250 e. The third-order valence-electron chi connectivity index (χ3n) is 3.92. The number of carbonyl (C=O) groups excluding carboxylic acids is 1. The van der Waals surface area contributed by atoms with Crippen molar-refractivity contribution < 1.29 is 9.90 Å². The summed E-state index contributed by atoms with van der Waals surface area (Å²) in [5.41, 5.74) is 6.03.